The fourth-order valence-corrected chi connectivity index (χ4v) is 1.44. The molecule has 0 aromatic rings. The van der Waals surface area contributed by atoms with E-state index in [2.05, 4.69) is 67.3 Å². The molecule has 0 unspecified atom stereocenters. The Hall–Kier alpha value is -2.03. The maximum atomic E-state index is 11.5. The van der Waals surface area contributed by atoms with Gasteiger partial charge in [-0.1, -0.05) is 5.92 Å². The molecule has 0 amide bonds. The van der Waals surface area contributed by atoms with Gasteiger partial charge in [0.15, 0.2) is 6.10 Å². The zero-order valence-corrected chi connectivity index (χ0v) is 21.7. The van der Waals surface area contributed by atoms with Gasteiger partial charge in [0.1, 0.15) is 6.61 Å². The van der Waals surface area contributed by atoms with Gasteiger partial charge in [-0.25, -0.2) is 9.59 Å². The van der Waals surface area contributed by atoms with Crippen molar-refractivity contribution in [1.29, 1.82) is 0 Å². The van der Waals surface area contributed by atoms with E-state index in [1.54, 1.807) is 6.92 Å². The van der Waals surface area contributed by atoms with Gasteiger partial charge in [-0.3, -0.25) is 0 Å². The van der Waals surface area contributed by atoms with E-state index in [0.717, 1.165) is 0 Å². The third-order valence-corrected chi connectivity index (χ3v) is 2.52. The topological polar surface area (TPSA) is 125 Å². The summed E-state index contributed by atoms with van der Waals surface area (Å²) in [5.74, 6) is 26.7. The van der Waals surface area contributed by atoms with Crippen LogP contribution in [0.15, 0.2) is 0 Å². The standard InChI is InChI=1S/C20H11O8P.2Na/c1-3-5-7-8-9-10-11-12-13-15-19(21)26-16-18(17-27-29(23,24)25)28-20(22)14-6-4-2;;/h2,18H,16-17H2,1H3,(H2,23,24,25);;/q;2*+1/p-2/t18-;;/m0../s1. The Morgan fingerprint density at radius 2 is 1.39 bits per heavy atom. The summed E-state index contributed by atoms with van der Waals surface area (Å²) in [6, 6.07) is 0. The first-order valence-corrected chi connectivity index (χ1v) is 8.68. The van der Waals surface area contributed by atoms with Crippen molar-refractivity contribution in [2.75, 3.05) is 13.2 Å². The molecule has 0 N–H and O–H groups in total. The number of hydrogen-bond donors (Lipinski definition) is 0. The second-order valence-electron chi connectivity index (χ2n) is 4.14. The number of ether oxygens (including phenoxy) is 2. The molecule has 8 nitrogen and oxygen atoms in total. The molecule has 0 heterocycles. The zero-order valence-electron chi connectivity index (χ0n) is 16.8. The van der Waals surface area contributed by atoms with Crippen LogP contribution in [0, 0.1) is 83.4 Å². The fraction of sp³-hybridized carbons (Fsp3) is 0.200. The summed E-state index contributed by atoms with van der Waals surface area (Å²) in [4.78, 5) is 43.8. The smallest absolute Gasteiger partial charge is 0.790 e. The summed E-state index contributed by atoms with van der Waals surface area (Å²) in [5.41, 5.74) is 0. The predicted molar refractivity (Wildman–Crippen MR) is 95.6 cm³/mol. The number of terminal acetylenes is 1. The molecule has 0 aromatic carbocycles. The number of carbonyl (C=O) groups excluding carboxylic acids is 2. The van der Waals surface area contributed by atoms with Crippen LogP contribution in [0.1, 0.15) is 6.92 Å². The van der Waals surface area contributed by atoms with E-state index in [9.17, 15) is 23.9 Å². The zero-order chi connectivity index (χ0) is 22.0. The summed E-state index contributed by atoms with van der Waals surface area (Å²) in [5, 5.41) is 0. The molecule has 31 heavy (non-hydrogen) atoms. The number of phosphoric ester groups is 1. The molecule has 0 aliphatic rings. The minimum atomic E-state index is -5.35. The minimum absolute atomic E-state index is 0. The Morgan fingerprint density at radius 1 is 0.871 bits per heavy atom. The molecular weight excluding hydrogens is 445 g/mol. The van der Waals surface area contributed by atoms with E-state index >= 15 is 0 Å². The van der Waals surface area contributed by atoms with Crippen molar-refractivity contribution in [3.63, 3.8) is 0 Å². The largest absolute Gasteiger partial charge is 1.00 e. The molecule has 0 saturated carbocycles. The van der Waals surface area contributed by atoms with Crippen LogP contribution < -0.4 is 68.9 Å². The van der Waals surface area contributed by atoms with E-state index < -0.39 is 39.1 Å². The van der Waals surface area contributed by atoms with Gasteiger partial charge < -0.3 is 28.3 Å². The van der Waals surface area contributed by atoms with Gasteiger partial charge in [0, 0.05) is 11.8 Å². The normalized spacial score (nSPS) is 8.32. The molecule has 0 aromatic heterocycles. The molecular formula is C20H9Na2O8P. The first kappa shape index (κ1) is 33.6. The van der Waals surface area contributed by atoms with Gasteiger partial charge in [-0.05, 0) is 66.1 Å². The Kier molecular flexibility index (Phi) is 23.0. The summed E-state index contributed by atoms with van der Waals surface area (Å²) in [7, 11) is -5.35. The molecule has 0 radical (unpaired) electrons. The SMILES string of the molecule is C#CC#CC(=O)O[C@@H](COC(=O)C#CC#CC#CC#CC#CC)COP(=O)([O-])[O-].[Na+].[Na+]. The number of esters is 2. The average molecular weight is 454 g/mol. The number of carbonyl (C=O) groups is 2. The second-order valence-corrected chi connectivity index (χ2v) is 5.29. The van der Waals surface area contributed by atoms with E-state index in [0.29, 0.717) is 0 Å². The summed E-state index contributed by atoms with van der Waals surface area (Å²) in [6.07, 6.45) is 3.39. The van der Waals surface area contributed by atoms with Gasteiger partial charge in [-0.15, -0.1) is 6.42 Å². The van der Waals surface area contributed by atoms with Crippen molar-refractivity contribution in [1.82, 2.24) is 0 Å². The van der Waals surface area contributed by atoms with Crippen LogP contribution >= 0.6 is 7.82 Å². The Balaban J connectivity index is -0.00000392. The van der Waals surface area contributed by atoms with Crippen molar-refractivity contribution in [3.05, 3.63) is 0 Å². The summed E-state index contributed by atoms with van der Waals surface area (Å²) in [6.45, 7) is 0.0565. The van der Waals surface area contributed by atoms with Gasteiger partial charge in [0.25, 0.3) is 0 Å². The second kappa shape index (κ2) is 21.2. The summed E-state index contributed by atoms with van der Waals surface area (Å²) >= 11 is 0. The molecule has 0 fully saturated rings. The van der Waals surface area contributed by atoms with Crippen LogP contribution in [0.2, 0.25) is 0 Å². The number of phosphoric acid groups is 1. The molecule has 0 rings (SSSR count). The number of hydrogen-bond acceptors (Lipinski definition) is 8. The quantitative estimate of drug-likeness (QED) is 0.127. The molecule has 0 aliphatic carbocycles. The molecule has 11 heteroatoms. The van der Waals surface area contributed by atoms with Gasteiger partial charge in [-0.2, -0.15) is 0 Å². The molecule has 0 bridgehead atoms. The third-order valence-electron chi connectivity index (χ3n) is 2.06. The predicted octanol–water partition coefficient (Wildman–Crippen LogP) is -8.03. The monoisotopic (exact) mass is 454 g/mol. The van der Waals surface area contributed by atoms with Crippen LogP contribution in [0.4, 0.5) is 0 Å². The summed E-state index contributed by atoms with van der Waals surface area (Å²) < 4.78 is 23.8. The van der Waals surface area contributed by atoms with E-state index in [4.69, 9.17) is 6.42 Å². The Labute approximate surface area is 224 Å². The minimum Gasteiger partial charge on any atom is -0.790 e. The molecule has 0 aliphatic heterocycles. The van der Waals surface area contributed by atoms with Crippen molar-refractivity contribution in [2.24, 2.45) is 0 Å². The maximum absolute atomic E-state index is 11.5. The molecule has 144 valence electrons. The van der Waals surface area contributed by atoms with Crippen LogP contribution in [0.3, 0.4) is 0 Å². The van der Waals surface area contributed by atoms with Gasteiger partial charge >= 0.3 is 71.1 Å². The average Bonchev–Trinajstić information content (AvgIpc) is 2.66. The van der Waals surface area contributed by atoms with Gasteiger partial charge in [0.05, 0.1) is 14.4 Å². The maximum Gasteiger partial charge on any atom is 1.00 e. The fourth-order valence-electron chi connectivity index (χ4n) is 1.10. The molecule has 0 spiro atoms. The van der Waals surface area contributed by atoms with Crippen molar-refractivity contribution in [2.45, 2.75) is 13.0 Å². The number of rotatable bonds is 6. The van der Waals surface area contributed by atoms with Crippen LogP contribution in [-0.4, -0.2) is 31.3 Å². The van der Waals surface area contributed by atoms with Crippen LogP contribution in [-0.2, 0) is 28.2 Å². The molecule has 0 saturated heterocycles. The van der Waals surface area contributed by atoms with Crippen LogP contribution in [0.25, 0.3) is 0 Å². The van der Waals surface area contributed by atoms with Crippen molar-refractivity contribution >= 4 is 19.8 Å². The van der Waals surface area contributed by atoms with E-state index in [-0.39, 0.29) is 59.1 Å². The third kappa shape index (κ3) is 24.1. The Bertz CT molecular complexity index is 1090. The molecule has 1 atom stereocenters. The van der Waals surface area contributed by atoms with Crippen molar-refractivity contribution in [3.8, 4) is 83.4 Å². The Morgan fingerprint density at radius 3 is 1.90 bits per heavy atom. The van der Waals surface area contributed by atoms with E-state index in [1.165, 1.54) is 0 Å². The van der Waals surface area contributed by atoms with Gasteiger partial charge in [0.2, 0.25) is 0 Å². The van der Waals surface area contributed by atoms with E-state index in [1.807, 2.05) is 23.7 Å². The first-order chi connectivity index (χ1) is 13.8. The first-order valence-electron chi connectivity index (χ1n) is 7.22. The van der Waals surface area contributed by atoms with Crippen molar-refractivity contribution < 1.29 is 97.1 Å². The van der Waals surface area contributed by atoms with Crippen LogP contribution in [0.5, 0.6) is 0 Å².